The lowest BCUT2D eigenvalue weighted by Gasteiger charge is -2.40. The second-order valence-electron chi connectivity index (χ2n) is 9.13. The Labute approximate surface area is 199 Å². The fourth-order valence-corrected chi connectivity index (χ4v) is 5.33. The number of ether oxygens (including phenoxy) is 1. The van der Waals surface area contributed by atoms with Gasteiger partial charge >= 0.3 is 0 Å². The molecule has 2 amide bonds. The topological polar surface area (TPSA) is 95.0 Å². The van der Waals surface area contributed by atoms with E-state index in [0.717, 1.165) is 37.8 Å². The van der Waals surface area contributed by atoms with Crippen LogP contribution in [0.3, 0.4) is 0 Å². The second kappa shape index (κ2) is 9.56. The monoisotopic (exact) mass is 462 g/mol. The van der Waals surface area contributed by atoms with E-state index in [0.29, 0.717) is 11.4 Å². The van der Waals surface area contributed by atoms with Gasteiger partial charge in [0.2, 0.25) is 11.8 Å². The summed E-state index contributed by atoms with van der Waals surface area (Å²) in [5, 5.41) is 13.0. The van der Waals surface area contributed by atoms with Crippen molar-refractivity contribution in [3.05, 3.63) is 66.5 Å². The van der Waals surface area contributed by atoms with Gasteiger partial charge in [0.25, 0.3) is 0 Å². The summed E-state index contributed by atoms with van der Waals surface area (Å²) >= 11 is 0. The molecule has 2 aliphatic heterocycles. The number of nitrogens with one attached hydrogen (secondary N) is 1. The van der Waals surface area contributed by atoms with E-state index in [2.05, 4.69) is 10.4 Å². The highest BCUT2D eigenvalue weighted by Crippen LogP contribution is 2.38. The lowest BCUT2D eigenvalue weighted by atomic mass is 9.91. The molecule has 3 aliphatic rings. The first kappa shape index (κ1) is 22.6. The van der Waals surface area contributed by atoms with Gasteiger partial charge in [-0.15, -0.1) is 0 Å². The van der Waals surface area contributed by atoms with Crippen LogP contribution in [0.4, 0.5) is 5.69 Å². The third kappa shape index (κ3) is 4.08. The third-order valence-corrected chi connectivity index (χ3v) is 7.09. The van der Waals surface area contributed by atoms with E-state index in [-0.39, 0.29) is 17.9 Å². The van der Waals surface area contributed by atoms with Crippen LogP contribution in [0.1, 0.15) is 43.9 Å². The maximum absolute atomic E-state index is 13.7. The molecule has 2 fully saturated rings. The Balaban J connectivity index is 1.49. The van der Waals surface area contributed by atoms with Gasteiger partial charge in [0.1, 0.15) is 17.9 Å². The van der Waals surface area contributed by atoms with Crippen LogP contribution in [-0.2, 0) is 9.59 Å². The van der Waals surface area contributed by atoms with Crippen LogP contribution in [0.2, 0.25) is 0 Å². The van der Waals surface area contributed by atoms with Gasteiger partial charge in [-0.25, -0.2) is 5.01 Å². The van der Waals surface area contributed by atoms with Gasteiger partial charge in [0, 0.05) is 17.9 Å². The minimum absolute atomic E-state index is 0.0465. The van der Waals surface area contributed by atoms with E-state index in [1.807, 2.05) is 36.4 Å². The zero-order valence-corrected chi connectivity index (χ0v) is 19.2. The number of aliphatic hydroxyl groups is 1. The molecule has 178 valence electrons. The molecule has 8 heteroatoms. The lowest BCUT2D eigenvalue weighted by Crippen LogP contribution is -2.56. The van der Waals surface area contributed by atoms with Crippen LogP contribution in [-0.4, -0.2) is 57.0 Å². The summed E-state index contributed by atoms with van der Waals surface area (Å²) in [6.07, 6.45) is 9.15. The fourth-order valence-electron chi connectivity index (χ4n) is 5.33. The molecule has 0 spiro atoms. The van der Waals surface area contributed by atoms with Gasteiger partial charge in [-0.1, -0.05) is 37.5 Å². The summed E-state index contributed by atoms with van der Waals surface area (Å²) in [6.45, 7) is 0. The number of hydrazine groups is 1. The molecule has 5 rings (SSSR count). The molecular weight excluding hydrogens is 432 g/mol. The number of methoxy groups -OCH3 is 1. The predicted octanol–water partition coefficient (Wildman–Crippen LogP) is 3.08. The van der Waals surface area contributed by atoms with Crippen LogP contribution in [0.5, 0.6) is 5.75 Å². The van der Waals surface area contributed by atoms with Gasteiger partial charge < -0.3 is 15.3 Å². The number of carbonyl (C=O) groups excluding carboxylic acids is 2. The van der Waals surface area contributed by atoms with Gasteiger partial charge in [-0.2, -0.15) is 0 Å². The van der Waals surface area contributed by atoms with Crippen molar-refractivity contribution in [2.45, 2.75) is 56.3 Å². The number of nitrogens with zero attached hydrogens (tertiary/aromatic N) is 3. The number of imide groups is 1. The van der Waals surface area contributed by atoms with Gasteiger partial charge in [-0.3, -0.25) is 19.5 Å². The van der Waals surface area contributed by atoms with Crippen molar-refractivity contribution >= 4 is 17.5 Å². The molecule has 2 N–H and O–H groups in total. The summed E-state index contributed by atoms with van der Waals surface area (Å²) in [7, 11) is 1.60. The molecule has 34 heavy (non-hydrogen) atoms. The van der Waals surface area contributed by atoms with Crippen molar-refractivity contribution in [1.82, 2.24) is 14.9 Å². The molecule has 1 saturated carbocycles. The first-order valence-electron chi connectivity index (χ1n) is 11.9. The van der Waals surface area contributed by atoms with Crippen molar-refractivity contribution in [2.24, 2.45) is 5.92 Å². The van der Waals surface area contributed by atoms with E-state index in [4.69, 9.17) is 4.74 Å². The molecule has 4 atom stereocenters. The Morgan fingerprint density at radius 2 is 1.79 bits per heavy atom. The van der Waals surface area contributed by atoms with Crippen molar-refractivity contribution in [3.8, 4) is 5.75 Å². The van der Waals surface area contributed by atoms with E-state index < -0.39 is 24.1 Å². The first-order chi connectivity index (χ1) is 16.6. The predicted molar refractivity (Wildman–Crippen MR) is 127 cm³/mol. The maximum atomic E-state index is 13.7. The molecule has 0 radical (unpaired) electrons. The quantitative estimate of drug-likeness (QED) is 0.503. The van der Waals surface area contributed by atoms with Crippen LogP contribution < -0.4 is 10.2 Å². The average Bonchev–Trinajstić information content (AvgIpc) is 3.15. The molecule has 4 unspecified atom stereocenters. The van der Waals surface area contributed by atoms with Crippen molar-refractivity contribution in [2.75, 3.05) is 12.5 Å². The number of pyridine rings is 1. The van der Waals surface area contributed by atoms with E-state index in [9.17, 15) is 14.7 Å². The SMILES string of the molecule is COc1ccc(NN2C(C(O)c3ccccn3)C=CC3C(=O)N(C4CCCCC4)C(=O)C32)cc1. The zero-order valence-electron chi connectivity index (χ0n) is 19.2. The Hall–Kier alpha value is -3.23. The summed E-state index contributed by atoms with van der Waals surface area (Å²) in [4.78, 5) is 32.9. The molecule has 2 aromatic rings. The van der Waals surface area contributed by atoms with Gasteiger partial charge in [0.05, 0.1) is 24.8 Å². The largest absolute Gasteiger partial charge is 0.497 e. The lowest BCUT2D eigenvalue weighted by molar-refractivity contribution is -0.143. The Kier molecular flexibility index (Phi) is 6.34. The molecule has 0 bridgehead atoms. The molecule has 1 saturated heterocycles. The van der Waals surface area contributed by atoms with Gasteiger partial charge in [0.15, 0.2) is 0 Å². The number of hydrogen-bond donors (Lipinski definition) is 2. The second-order valence-corrected chi connectivity index (χ2v) is 9.13. The Morgan fingerprint density at radius 3 is 2.47 bits per heavy atom. The number of carbonyl (C=O) groups is 2. The van der Waals surface area contributed by atoms with E-state index in [1.165, 1.54) is 4.90 Å². The molecule has 3 heterocycles. The standard InChI is InChI=1S/C26H30N4O4/c1-34-19-12-10-17(11-13-19)28-30-22(24(31)21-9-5-6-16-27-21)15-14-20-23(30)26(33)29(25(20)32)18-7-3-2-4-8-18/h5-6,9-16,18,20,22-24,28,31H,2-4,7-8H2,1H3. The zero-order chi connectivity index (χ0) is 23.7. The molecule has 1 aromatic heterocycles. The highest BCUT2D eigenvalue weighted by atomic mass is 16.5. The van der Waals surface area contributed by atoms with E-state index in [1.54, 1.807) is 36.5 Å². The number of likely N-dealkylation sites (tertiary alicyclic amines) is 1. The first-order valence-corrected chi connectivity index (χ1v) is 11.9. The van der Waals surface area contributed by atoms with Crippen LogP contribution in [0.15, 0.2) is 60.8 Å². The number of rotatable bonds is 6. The summed E-state index contributed by atoms with van der Waals surface area (Å²) < 4.78 is 5.25. The molecular formula is C26H30N4O4. The van der Waals surface area contributed by atoms with Crippen molar-refractivity contribution in [1.29, 1.82) is 0 Å². The average molecular weight is 463 g/mol. The number of anilines is 1. The van der Waals surface area contributed by atoms with E-state index >= 15 is 0 Å². The Bertz CT molecular complexity index is 1050. The van der Waals surface area contributed by atoms with Gasteiger partial charge in [-0.05, 0) is 49.2 Å². The number of aromatic nitrogens is 1. The highest BCUT2D eigenvalue weighted by molar-refractivity contribution is 6.08. The van der Waals surface area contributed by atoms with Crippen LogP contribution in [0, 0.1) is 5.92 Å². The van der Waals surface area contributed by atoms with Crippen LogP contribution in [0.25, 0.3) is 0 Å². The summed E-state index contributed by atoms with van der Waals surface area (Å²) in [5.74, 6) is -0.231. The number of benzene rings is 1. The van der Waals surface area contributed by atoms with Crippen molar-refractivity contribution < 1.29 is 19.4 Å². The molecule has 8 nitrogen and oxygen atoms in total. The summed E-state index contributed by atoms with van der Waals surface area (Å²) in [6, 6.07) is 11.3. The maximum Gasteiger partial charge on any atom is 0.249 e. The highest BCUT2D eigenvalue weighted by Gasteiger charge is 2.55. The minimum Gasteiger partial charge on any atom is -0.497 e. The number of aliphatic hydroxyl groups excluding tert-OH is 1. The molecule has 1 aliphatic carbocycles. The fraction of sp³-hybridized carbons (Fsp3) is 0.423. The third-order valence-electron chi connectivity index (χ3n) is 7.09. The summed E-state index contributed by atoms with van der Waals surface area (Å²) in [5.41, 5.74) is 4.54. The smallest absolute Gasteiger partial charge is 0.249 e. The number of amides is 2. The number of hydrogen-bond acceptors (Lipinski definition) is 7. The van der Waals surface area contributed by atoms with Crippen LogP contribution >= 0.6 is 0 Å². The minimum atomic E-state index is -0.990. The normalized spacial score (nSPS) is 26.4. The Morgan fingerprint density at radius 1 is 1.03 bits per heavy atom. The number of fused-ring (bicyclic) bond motifs is 1. The molecule has 1 aromatic carbocycles. The van der Waals surface area contributed by atoms with Crippen molar-refractivity contribution in [3.63, 3.8) is 0 Å².